The molecular weight excluding hydrogens is 409 g/mol. The second-order valence-corrected chi connectivity index (χ2v) is 7.58. The fourth-order valence-electron chi connectivity index (χ4n) is 3.61. The highest BCUT2D eigenvalue weighted by molar-refractivity contribution is 6.32. The molecule has 2 aromatic rings. The monoisotopic (exact) mass is 435 g/mol. The van der Waals surface area contributed by atoms with Crippen molar-refractivity contribution in [1.82, 2.24) is 4.90 Å². The molecule has 29 heavy (non-hydrogen) atoms. The van der Waals surface area contributed by atoms with E-state index in [0.717, 1.165) is 41.6 Å². The van der Waals surface area contributed by atoms with Gasteiger partial charge in [-0.25, -0.2) is 0 Å². The Balaban J connectivity index is 0.00000300. The molecule has 1 unspecified atom stereocenters. The summed E-state index contributed by atoms with van der Waals surface area (Å²) in [6.45, 7) is 4.80. The first kappa shape index (κ1) is 23.3. The lowest BCUT2D eigenvalue weighted by atomic mass is 9.95. The largest absolute Gasteiger partial charge is 0.499 e. The SMILES string of the molecule is Cc1ccccc1C(=COCCN1CCCC(C(=O)O)C1)c1ccccc1Cl.Cl. The van der Waals surface area contributed by atoms with Crippen LogP contribution in [0.3, 0.4) is 0 Å². The van der Waals surface area contributed by atoms with Gasteiger partial charge < -0.3 is 9.84 Å². The number of hydrogen-bond donors (Lipinski definition) is 1. The molecule has 0 aromatic heterocycles. The van der Waals surface area contributed by atoms with E-state index in [0.29, 0.717) is 24.7 Å². The van der Waals surface area contributed by atoms with E-state index in [2.05, 4.69) is 24.0 Å². The van der Waals surface area contributed by atoms with Gasteiger partial charge in [-0.1, -0.05) is 54.1 Å². The van der Waals surface area contributed by atoms with Crippen LogP contribution in [0.15, 0.2) is 54.8 Å². The Morgan fingerprint density at radius 2 is 1.90 bits per heavy atom. The molecule has 156 valence electrons. The van der Waals surface area contributed by atoms with E-state index in [1.807, 2.05) is 36.4 Å². The number of aryl methyl sites for hydroxylation is 1. The average Bonchev–Trinajstić information content (AvgIpc) is 2.70. The predicted octanol–water partition coefficient (Wildman–Crippen LogP) is 5.27. The van der Waals surface area contributed by atoms with Gasteiger partial charge in [0.25, 0.3) is 0 Å². The van der Waals surface area contributed by atoms with Gasteiger partial charge in [0.05, 0.1) is 12.2 Å². The molecule has 3 rings (SSSR count). The predicted molar refractivity (Wildman–Crippen MR) is 120 cm³/mol. The molecule has 1 N–H and O–H groups in total. The second kappa shape index (κ2) is 11.2. The first-order valence-corrected chi connectivity index (χ1v) is 10.0. The molecule has 1 heterocycles. The zero-order valence-electron chi connectivity index (χ0n) is 16.5. The van der Waals surface area contributed by atoms with Gasteiger partial charge in [-0.15, -0.1) is 12.4 Å². The molecule has 0 spiro atoms. The fourth-order valence-corrected chi connectivity index (χ4v) is 3.85. The quantitative estimate of drug-likeness (QED) is 0.475. The van der Waals surface area contributed by atoms with Crippen LogP contribution in [0.1, 0.15) is 29.5 Å². The number of carboxylic acid groups (broad SMARTS) is 1. The Morgan fingerprint density at radius 3 is 2.59 bits per heavy atom. The van der Waals surface area contributed by atoms with Gasteiger partial charge in [-0.3, -0.25) is 9.69 Å². The molecule has 1 saturated heterocycles. The topological polar surface area (TPSA) is 49.8 Å². The Hall–Kier alpha value is -2.01. The van der Waals surface area contributed by atoms with Gasteiger partial charge in [-0.2, -0.15) is 0 Å². The molecule has 1 atom stereocenters. The lowest BCUT2D eigenvalue weighted by molar-refractivity contribution is -0.143. The lowest BCUT2D eigenvalue weighted by Gasteiger charge is -2.30. The Kier molecular flexibility index (Phi) is 9.02. The number of carbonyl (C=O) groups is 1. The summed E-state index contributed by atoms with van der Waals surface area (Å²) in [7, 11) is 0. The summed E-state index contributed by atoms with van der Waals surface area (Å²) < 4.78 is 5.90. The third-order valence-corrected chi connectivity index (χ3v) is 5.51. The summed E-state index contributed by atoms with van der Waals surface area (Å²) in [5.41, 5.74) is 4.12. The maximum Gasteiger partial charge on any atom is 0.307 e. The molecule has 4 nitrogen and oxygen atoms in total. The standard InChI is InChI=1S/C23H26ClNO3.ClH/c1-17-7-2-3-9-19(17)21(20-10-4-5-11-22(20)24)16-28-14-13-25-12-6-8-18(15-25)23(26)27;/h2-5,7,9-11,16,18H,6,8,12-15H2,1H3,(H,26,27);1H. The molecule has 0 aliphatic carbocycles. The van der Waals surface area contributed by atoms with Crippen molar-refractivity contribution in [3.8, 4) is 0 Å². The van der Waals surface area contributed by atoms with Crippen molar-refractivity contribution >= 4 is 35.6 Å². The van der Waals surface area contributed by atoms with Crippen molar-refractivity contribution < 1.29 is 14.6 Å². The van der Waals surface area contributed by atoms with Crippen LogP contribution in [-0.4, -0.2) is 42.2 Å². The lowest BCUT2D eigenvalue weighted by Crippen LogP contribution is -2.40. The normalized spacial score (nSPS) is 17.4. The van der Waals surface area contributed by atoms with Crippen LogP contribution in [0.5, 0.6) is 0 Å². The average molecular weight is 436 g/mol. The number of ether oxygens (including phenoxy) is 1. The number of carboxylic acids is 1. The van der Waals surface area contributed by atoms with Crippen molar-refractivity contribution in [2.75, 3.05) is 26.2 Å². The maximum atomic E-state index is 11.2. The molecule has 2 aromatic carbocycles. The first-order valence-electron chi connectivity index (χ1n) is 9.64. The number of likely N-dealkylation sites (tertiary alicyclic amines) is 1. The van der Waals surface area contributed by atoms with Crippen molar-refractivity contribution in [3.63, 3.8) is 0 Å². The highest BCUT2D eigenvalue weighted by Crippen LogP contribution is 2.31. The van der Waals surface area contributed by atoms with Crippen LogP contribution in [0.25, 0.3) is 5.57 Å². The van der Waals surface area contributed by atoms with Crippen LogP contribution in [0, 0.1) is 12.8 Å². The van der Waals surface area contributed by atoms with Crippen molar-refractivity contribution in [2.45, 2.75) is 19.8 Å². The smallest absolute Gasteiger partial charge is 0.307 e. The molecule has 1 aliphatic rings. The molecule has 6 heteroatoms. The number of nitrogens with zero attached hydrogens (tertiary/aromatic N) is 1. The zero-order chi connectivity index (χ0) is 19.9. The number of piperidine rings is 1. The van der Waals surface area contributed by atoms with Crippen molar-refractivity contribution in [2.24, 2.45) is 5.92 Å². The molecule has 1 fully saturated rings. The Labute approximate surface area is 183 Å². The van der Waals surface area contributed by atoms with E-state index in [4.69, 9.17) is 16.3 Å². The molecule has 0 bridgehead atoms. The van der Waals surface area contributed by atoms with Crippen LogP contribution in [-0.2, 0) is 9.53 Å². The van der Waals surface area contributed by atoms with Crippen molar-refractivity contribution in [3.05, 3.63) is 76.5 Å². The summed E-state index contributed by atoms with van der Waals surface area (Å²) in [5.74, 6) is -0.971. The number of rotatable bonds is 7. The fraction of sp³-hybridized carbons (Fsp3) is 0.348. The molecule has 0 saturated carbocycles. The minimum Gasteiger partial charge on any atom is -0.499 e. The third kappa shape index (κ3) is 6.23. The van der Waals surface area contributed by atoms with Gasteiger partial charge in [0.15, 0.2) is 0 Å². The summed E-state index contributed by atoms with van der Waals surface area (Å²) >= 11 is 6.44. The third-order valence-electron chi connectivity index (χ3n) is 5.18. The van der Waals surface area contributed by atoms with Crippen LogP contribution in [0.2, 0.25) is 5.02 Å². The van der Waals surface area contributed by atoms with E-state index in [-0.39, 0.29) is 18.3 Å². The van der Waals surface area contributed by atoms with Crippen molar-refractivity contribution in [1.29, 1.82) is 0 Å². The molecule has 0 radical (unpaired) electrons. The number of benzene rings is 2. The van der Waals surface area contributed by atoms with Gasteiger partial charge in [0, 0.05) is 29.2 Å². The minimum absolute atomic E-state index is 0. The van der Waals surface area contributed by atoms with Crippen LogP contribution in [0.4, 0.5) is 0 Å². The zero-order valence-corrected chi connectivity index (χ0v) is 18.1. The Morgan fingerprint density at radius 1 is 1.21 bits per heavy atom. The van der Waals surface area contributed by atoms with Crippen LogP contribution >= 0.6 is 24.0 Å². The number of halogens is 2. The summed E-state index contributed by atoms with van der Waals surface area (Å²) in [5, 5.41) is 9.91. The van der Waals surface area contributed by atoms with Gasteiger partial charge in [-0.05, 0) is 43.5 Å². The summed E-state index contributed by atoms with van der Waals surface area (Å²) in [4.78, 5) is 13.4. The van der Waals surface area contributed by atoms with E-state index in [9.17, 15) is 9.90 Å². The summed E-state index contributed by atoms with van der Waals surface area (Å²) in [6.07, 6.45) is 3.46. The Bertz CT molecular complexity index is 806. The van der Waals surface area contributed by atoms with E-state index in [1.165, 1.54) is 0 Å². The van der Waals surface area contributed by atoms with E-state index in [1.54, 1.807) is 6.26 Å². The highest BCUT2D eigenvalue weighted by Gasteiger charge is 2.24. The molecule has 0 amide bonds. The summed E-state index contributed by atoms with van der Waals surface area (Å²) in [6, 6.07) is 15.9. The number of aliphatic carboxylic acids is 1. The minimum atomic E-state index is -0.703. The first-order chi connectivity index (χ1) is 13.6. The van der Waals surface area contributed by atoms with Crippen LogP contribution < -0.4 is 0 Å². The van der Waals surface area contributed by atoms with E-state index >= 15 is 0 Å². The van der Waals surface area contributed by atoms with Gasteiger partial charge in [0.1, 0.15) is 6.61 Å². The van der Waals surface area contributed by atoms with Gasteiger partial charge >= 0.3 is 5.97 Å². The maximum absolute atomic E-state index is 11.2. The highest BCUT2D eigenvalue weighted by atomic mass is 35.5. The second-order valence-electron chi connectivity index (χ2n) is 7.18. The molecular formula is C23H27Cl2NO3. The molecule has 1 aliphatic heterocycles. The van der Waals surface area contributed by atoms with E-state index < -0.39 is 5.97 Å². The van der Waals surface area contributed by atoms with Gasteiger partial charge in [0.2, 0.25) is 0 Å². The number of hydrogen-bond acceptors (Lipinski definition) is 3.